The first-order chi connectivity index (χ1) is 4.43. The van der Waals surface area contributed by atoms with Crippen LogP contribution in [0.3, 0.4) is 0 Å². The van der Waals surface area contributed by atoms with E-state index >= 15 is 0 Å². The number of pyridine rings is 1. The van der Waals surface area contributed by atoms with Gasteiger partial charge in [0.25, 0.3) is 0 Å². The number of hydrogen-bond donors (Lipinski definition) is 0. The summed E-state index contributed by atoms with van der Waals surface area (Å²) in [6, 6.07) is 3.78. The molecular weight excluding hydrogens is 114 g/mol. The fraction of sp³-hybridized carbons (Fsp3) is 0.286. The van der Waals surface area contributed by atoms with Gasteiger partial charge >= 0.3 is 0 Å². The Labute approximate surface area is 54.5 Å². The summed E-state index contributed by atoms with van der Waals surface area (Å²) in [5.41, 5.74) is 0. The van der Waals surface area contributed by atoms with Crippen LogP contribution in [-0.4, -0.2) is 6.61 Å². The van der Waals surface area contributed by atoms with E-state index < -0.39 is 0 Å². The maximum atomic E-state index is 5.19. The highest BCUT2D eigenvalue weighted by molar-refractivity contribution is 5.14. The fourth-order valence-corrected chi connectivity index (χ4v) is 0.634. The molecule has 1 N–H and O–H groups in total. The summed E-state index contributed by atoms with van der Waals surface area (Å²) in [5, 5.41) is 0. The van der Waals surface area contributed by atoms with Crippen LogP contribution in [0.2, 0.25) is 0 Å². The Balaban J connectivity index is 2.61. The molecule has 0 aliphatic rings. The first-order valence-corrected chi connectivity index (χ1v) is 3.02. The molecule has 1 rings (SSSR count). The van der Waals surface area contributed by atoms with Gasteiger partial charge in [-0.25, -0.2) is 4.98 Å². The highest BCUT2D eigenvalue weighted by Gasteiger charge is 1.88. The molecule has 2 heteroatoms. The summed E-state index contributed by atoms with van der Waals surface area (Å²) in [7, 11) is 0. The minimum atomic E-state index is 0.726. The number of H-pyrrole nitrogens is 1. The Hall–Kier alpha value is -1.05. The molecule has 0 amide bonds. The van der Waals surface area contributed by atoms with E-state index in [-0.39, 0.29) is 0 Å². The average molecular weight is 124 g/mol. The quantitative estimate of drug-likeness (QED) is 0.574. The summed E-state index contributed by atoms with van der Waals surface area (Å²) in [6.45, 7) is 2.70. The number of aromatic nitrogens is 1. The van der Waals surface area contributed by atoms with Crippen molar-refractivity contribution in [3.63, 3.8) is 0 Å². The van der Waals surface area contributed by atoms with Gasteiger partial charge in [0.1, 0.15) is 5.75 Å². The Bertz CT molecular complexity index is 162. The van der Waals surface area contributed by atoms with Crippen LogP contribution in [0.1, 0.15) is 6.92 Å². The smallest absolute Gasteiger partial charge is 0.170 e. The van der Waals surface area contributed by atoms with Gasteiger partial charge in [0.2, 0.25) is 0 Å². The zero-order valence-corrected chi connectivity index (χ0v) is 5.42. The monoisotopic (exact) mass is 124 g/mol. The van der Waals surface area contributed by atoms with Gasteiger partial charge in [-0.2, -0.15) is 0 Å². The minimum Gasteiger partial charge on any atom is -0.493 e. The van der Waals surface area contributed by atoms with Crippen molar-refractivity contribution in [1.82, 2.24) is 0 Å². The summed E-state index contributed by atoms with van der Waals surface area (Å²) in [4.78, 5) is 2.91. The van der Waals surface area contributed by atoms with Crippen molar-refractivity contribution >= 4 is 0 Å². The number of nitrogens with one attached hydrogen (secondary N) is 1. The second-order valence-corrected chi connectivity index (χ2v) is 1.67. The van der Waals surface area contributed by atoms with Crippen LogP contribution < -0.4 is 9.72 Å². The van der Waals surface area contributed by atoms with Crippen LogP contribution in [0.15, 0.2) is 24.5 Å². The van der Waals surface area contributed by atoms with Gasteiger partial charge in [-0.3, -0.25) is 0 Å². The maximum Gasteiger partial charge on any atom is 0.170 e. The van der Waals surface area contributed by atoms with Gasteiger partial charge < -0.3 is 4.74 Å². The van der Waals surface area contributed by atoms with Crippen LogP contribution in [0.5, 0.6) is 5.75 Å². The molecular formula is C7H10NO+. The van der Waals surface area contributed by atoms with Crippen LogP contribution in [0, 0.1) is 0 Å². The lowest BCUT2D eigenvalue weighted by Crippen LogP contribution is -1.98. The molecule has 0 spiro atoms. The standard InChI is InChI=1S/C7H9NO/c1-2-9-7-3-5-8-6-4-7/h3-6H,2H2,1H3/p+1. The van der Waals surface area contributed by atoms with E-state index in [2.05, 4.69) is 4.98 Å². The molecule has 0 aliphatic heterocycles. The first-order valence-electron chi connectivity index (χ1n) is 3.02. The molecule has 2 nitrogen and oxygen atoms in total. The van der Waals surface area contributed by atoms with Crippen LogP contribution in [0.25, 0.3) is 0 Å². The molecule has 0 radical (unpaired) electrons. The highest BCUT2D eigenvalue weighted by atomic mass is 16.5. The number of aromatic amines is 1. The lowest BCUT2D eigenvalue weighted by atomic mass is 10.5. The van der Waals surface area contributed by atoms with Crippen LogP contribution in [0.4, 0.5) is 0 Å². The van der Waals surface area contributed by atoms with Crippen LogP contribution >= 0.6 is 0 Å². The number of rotatable bonds is 2. The molecule has 0 saturated carbocycles. The third kappa shape index (κ3) is 1.72. The van der Waals surface area contributed by atoms with Crippen molar-refractivity contribution in [3.8, 4) is 5.75 Å². The Kier molecular flexibility index (Phi) is 2.07. The molecule has 0 atom stereocenters. The van der Waals surface area contributed by atoms with Gasteiger partial charge in [0.15, 0.2) is 12.4 Å². The lowest BCUT2D eigenvalue weighted by molar-refractivity contribution is -0.378. The van der Waals surface area contributed by atoms with Crippen molar-refractivity contribution in [2.24, 2.45) is 0 Å². The van der Waals surface area contributed by atoms with Crippen molar-refractivity contribution in [3.05, 3.63) is 24.5 Å². The molecule has 1 aromatic heterocycles. The van der Waals surface area contributed by atoms with E-state index in [1.54, 1.807) is 0 Å². The van der Waals surface area contributed by atoms with E-state index in [1.165, 1.54) is 0 Å². The van der Waals surface area contributed by atoms with Crippen molar-refractivity contribution in [2.75, 3.05) is 6.61 Å². The third-order valence-corrected chi connectivity index (χ3v) is 0.999. The molecule has 48 valence electrons. The third-order valence-electron chi connectivity index (χ3n) is 0.999. The molecule has 1 aromatic rings. The zero-order valence-electron chi connectivity index (χ0n) is 5.42. The Morgan fingerprint density at radius 1 is 1.44 bits per heavy atom. The minimum absolute atomic E-state index is 0.726. The highest BCUT2D eigenvalue weighted by Crippen LogP contribution is 2.03. The van der Waals surface area contributed by atoms with E-state index in [4.69, 9.17) is 4.74 Å². The first kappa shape index (κ1) is 6.08. The molecule has 0 aliphatic carbocycles. The average Bonchev–Trinajstić information content (AvgIpc) is 1.91. The predicted octanol–water partition coefficient (Wildman–Crippen LogP) is 0.899. The maximum absolute atomic E-state index is 5.19. The predicted molar refractivity (Wildman–Crippen MR) is 34.2 cm³/mol. The SMILES string of the molecule is CCOc1cc[nH+]cc1. The summed E-state index contributed by atoms with van der Waals surface area (Å²) < 4.78 is 5.19. The summed E-state index contributed by atoms with van der Waals surface area (Å²) in [6.07, 6.45) is 3.68. The van der Waals surface area contributed by atoms with Gasteiger partial charge in [0.05, 0.1) is 6.61 Å². The molecule has 0 aromatic carbocycles. The lowest BCUT2D eigenvalue weighted by Gasteiger charge is -1.96. The Morgan fingerprint density at radius 3 is 2.67 bits per heavy atom. The fourth-order valence-electron chi connectivity index (χ4n) is 0.634. The largest absolute Gasteiger partial charge is 0.493 e. The van der Waals surface area contributed by atoms with E-state index in [0.29, 0.717) is 0 Å². The summed E-state index contributed by atoms with van der Waals surface area (Å²) >= 11 is 0. The van der Waals surface area contributed by atoms with Gasteiger partial charge in [0, 0.05) is 12.1 Å². The number of ether oxygens (including phenoxy) is 1. The molecule has 0 bridgehead atoms. The second-order valence-electron chi connectivity index (χ2n) is 1.67. The molecule has 0 fully saturated rings. The van der Waals surface area contributed by atoms with Crippen molar-refractivity contribution < 1.29 is 9.72 Å². The molecule has 1 heterocycles. The van der Waals surface area contributed by atoms with Gasteiger partial charge in [-0.05, 0) is 6.92 Å². The van der Waals surface area contributed by atoms with E-state index in [1.807, 2.05) is 31.5 Å². The summed E-state index contributed by atoms with van der Waals surface area (Å²) in [5.74, 6) is 0.913. The normalized spacial score (nSPS) is 9.00. The van der Waals surface area contributed by atoms with Crippen molar-refractivity contribution in [1.29, 1.82) is 0 Å². The van der Waals surface area contributed by atoms with Crippen LogP contribution in [-0.2, 0) is 0 Å². The van der Waals surface area contributed by atoms with Crippen molar-refractivity contribution in [2.45, 2.75) is 6.92 Å². The van der Waals surface area contributed by atoms with Gasteiger partial charge in [-0.1, -0.05) is 0 Å². The zero-order chi connectivity index (χ0) is 6.53. The van der Waals surface area contributed by atoms with Gasteiger partial charge in [-0.15, -0.1) is 0 Å². The molecule has 0 saturated heterocycles. The van der Waals surface area contributed by atoms with E-state index in [9.17, 15) is 0 Å². The molecule has 0 unspecified atom stereocenters. The number of hydrogen-bond acceptors (Lipinski definition) is 1. The Morgan fingerprint density at radius 2 is 2.11 bits per heavy atom. The second kappa shape index (κ2) is 3.07. The molecule has 9 heavy (non-hydrogen) atoms. The topological polar surface area (TPSA) is 23.4 Å². The van der Waals surface area contributed by atoms with E-state index in [0.717, 1.165) is 12.4 Å².